The molecule has 1 aromatic heterocycles. The minimum absolute atomic E-state index is 0.297. The molecule has 0 spiro atoms. The molecule has 0 saturated carbocycles. The van der Waals surface area contributed by atoms with Crippen molar-refractivity contribution in [3.05, 3.63) is 46.8 Å². The lowest BCUT2D eigenvalue weighted by molar-refractivity contribution is 0.628. The van der Waals surface area contributed by atoms with Gasteiger partial charge in [-0.05, 0) is 46.3 Å². The third-order valence-corrected chi connectivity index (χ3v) is 2.69. The molecule has 0 bridgehead atoms. The molecule has 16 heavy (non-hydrogen) atoms. The van der Waals surface area contributed by atoms with Crippen LogP contribution in [0.25, 0.3) is 0 Å². The molecule has 0 saturated heterocycles. The van der Waals surface area contributed by atoms with Gasteiger partial charge in [0.1, 0.15) is 11.6 Å². The number of nitrogens with two attached hydrogens (primary N) is 1. The lowest BCUT2D eigenvalue weighted by Crippen LogP contribution is -1.95. The van der Waals surface area contributed by atoms with E-state index in [4.69, 9.17) is 5.73 Å². The van der Waals surface area contributed by atoms with Crippen molar-refractivity contribution in [2.45, 2.75) is 0 Å². The molecule has 3 N–H and O–H groups in total. The number of hydrogen-bond donors (Lipinski definition) is 2. The van der Waals surface area contributed by atoms with Crippen molar-refractivity contribution in [2.75, 3.05) is 11.1 Å². The molecule has 0 amide bonds. The lowest BCUT2D eigenvalue weighted by atomic mass is 10.3. The summed E-state index contributed by atoms with van der Waals surface area (Å²) >= 11 is 3.33. The summed E-state index contributed by atoms with van der Waals surface area (Å²) in [5, 5.41) is 3.04. The zero-order valence-corrected chi connectivity index (χ0v) is 9.83. The number of nitrogen functional groups attached to an aromatic ring is 1. The van der Waals surface area contributed by atoms with E-state index in [-0.39, 0.29) is 5.82 Å². The first-order valence-electron chi connectivity index (χ1n) is 4.59. The molecule has 0 unspecified atom stereocenters. The van der Waals surface area contributed by atoms with Gasteiger partial charge in [-0.3, -0.25) is 0 Å². The maximum absolute atomic E-state index is 13.0. The lowest BCUT2D eigenvalue weighted by Gasteiger charge is -2.08. The van der Waals surface area contributed by atoms with Crippen LogP contribution < -0.4 is 11.1 Å². The highest BCUT2D eigenvalue weighted by molar-refractivity contribution is 9.10. The van der Waals surface area contributed by atoms with Crippen LogP contribution in [0.3, 0.4) is 0 Å². The average molecular weight is 282 g/mol. The Balaban J connectivity index is 2.26. The summed E-state index contributed by atoms with van der Waals surface area (Å²) in [4.78, 5) is 3.93. The van der Waals surface area contributed by atoms with Crippen molar-refractivity contribution in [3.63, 3.8) is 0 Å². The first-order valence-corrected chi connectivity index (χ1v) is 5.38. The van der Waals surface area contributed by atoms with E-state index >= 15 is 0 Å². The maximum atomic E-state index is 13.0. The first-order chi connectivity index (χ1) is 7.65. The quantitative estimate of drug-likeness (QED) is 0.888. The fourth-order valence-corrected chi connectivity index (χ4v) is 1.57. The summed E-state index contributed by atoms with van der Waals surface area (Å²) in [5.74, 6) is 0.151. The van der Waals surface area contributed by atoms with Gasteiger partial charge in [-0.1, -0.05) is 0 Å². The zero-order valence-electron chi connectivity index (χ0n) is 8.24. The van der Waals surface area contributed by atoms with Crippen LogP contribution in [0.2, 0.25) is 0 Å². The van der Waals surface area contributed by atoms with Gasteiger partial charge in [-0.2, -0.15) is 0 Å². The third-order valence-electron chi connectivity index (χ3n) is 1.99. The second kappa shape index (κ2) is 4.49. The molecule has 0 aliphatic rings. The highest BCUT2D eigenvalue weighted by Crippen LogP contribution is 2.26. The van der Waals surface area contributed by atoms with Gasteiger partial charge in [0.15, 0.2) is 0 Å². The zero-order chi connectivity index (χ0) is 11.5. The van der Waals surface area contributed by atoms with E-state index in [0.717, 1.165) is 10.2 Å². The van der Waals surface area contributed by atoms with Crippen LogP contribution in [0.4, 0.5) is 21.6 Å². The van der Waals surface area contributed by atoms with E-state index in [1.807, 2.05) is 0 Å². The van der Waals surface area contributed by atoms with Crippen LogP contribution in [-0.2, 0) is 0 Å². The van der Waals surface area contributed by atoms with Gasteiger partial charge >= 0.3 is 0 Å². The molecule has 1 heterocycles. The molecule has 3 nitrogen and oxygen atoms in total. The molecule has 1 aromatic carbocycles. The predicted octanol–water partition coefficient (Wildman–Crippen LogP) is 3.31. The largest absolute Gasteiger partial charge is 0.384 e. The molecule has 2 rings (SSSR count). The molecular weight excluding hydrogens is 273 g/mol. The molecule has 0 fully saturated rings. The number of hydrogen-bond acceptors (Lipinski definition) is 3. The summed E-state index contributed by atoms with van der Waals surface area (Å²) in [6, 6.07) is 7.88. The normalized spacial score (nSPS) is 10.1. The van der Waals surface area contributed by atoms with Crippen molar-refractivity contribution in [1.29, 1.82) is 0 Å². The van der Waals surface area contributed by atoms with Gasteiger partial charge < -0.3 is 11.1 Å². The molecule has 2 aromatic rings. The molecule has 0 aliphatic carbocycles. The van der Waals surface area contributed by atoms with Crippen molar-refractivity contribution in [2.24, 2.45) is 0 Å². The van der Waals surface area contributed by atoms with Gasteiger partial charge in [0, 0.05) is 4.47 Å². The van der Waals surface area contributed by atoms with Crippen molar-refractivity contribution < 1.29 is 4.39 Å². The maximum Gasteiger partial charge on any atom is 0.125 e. The molecule has 5 heteroatoms. The van der Waals surface area contributed by atoms with Gasteiger partial charge in [0.25, 0.3) is 0 Å². The first kappa shape index (κ1) is 10.9. The highest BCUT2D eigenvalue weighted by Gasteiger charge is 2.02. The SMILES string of the molecule is Nc1ccc(Nc2cc(F)ccc2Br)cn1. The Morgan fingerprint density at radius 2 is 2.06 bits per heavy atom. The minimum atomic E-state index is -0.297. The predicted molar refractivity (Wildman–Crippen MR) is 66.0 cm³/mol. The second-order valence-electron chi connectivity index (χ2n) is 3.22. The number of nitrogens with zero attached hydrogens (tertiary/aromatic N) is 1. The number of rotatable bonds is 2. The van der Waals surface area contributed by atoms with Gasteiger partial charge in [0.05, 0.1) is 17.6 Å². The minimum Gasteiger partial charge on any atom is -0.384 e. The van der Waals surface area contributed by atoms with E-state index in [1.165, 1.54) is 12.1 Å². The Hall–Kier alpha value is -1.62. The number of nitrogens with one attached hydrogen (secondary N) is 1. The number of anilines is 3. The summed E-state index contributed by atoms with van der Waals surface area (Å²) in [6.45, 7) is 0. The monoisotopic (exact) mass is 281 g/mol. The Labute approximate surface area is 101 Å². The molecular formula is C11H9BrFN3. The Bertz CT molecular complexity index is 499. The number of halogens is 2. The summed E-state index contributed by atoms with van der Waals surface area (Å²) < 4.78 is 13.8. The van der Waals surface area contributed by atoms with Crippen LogP contribution in [0.15, 0.2) is 41.0 Å². The fraction of sp³-hybridized carbons (Fsp3) is 0. The fourth-order valence-electron chi connectivity index (χ4n) is 1.23. The second-order valence-corrected chi connectivity index (χ2v) is 4.08. The summed E-state index contributed by atoms with van der Waals surface area (Å²) in [5.41, 5.74) is 6.86. The number of aromatic nitrogens is 1. The van der Waals surface area contributed by atoms with Crippen LogP contribution in [0, 0.1) is 5.82 Å². The van der Waals surface area contributed by atoms with Crippen molar-refractivity contribution >= 4 is 33.1 Å². The van der Waals surface area contributed by atoms with Crippen LogP contribution in [0.5, 0.6) is 0 Å². The standard InChI is InChI=1S/C11H9BrFN3/c12-9-3-1-7(13)5-10(9)16-8-2-4-11(14)15-6-8/h1-6,16H,(H2,14,15). The van der Waals surface area contributed by atoms with E-state index in [9.17, 15) is 4.39 Å². The van der Waals surface area contributed by atoms with Gasteiger partial charge in [-0.25, -0.2) is 9.37 Å². The smallest absolute Gasteiger partial charge is 0.125 e. The molecule has 82 valence electrons. The molecule has 0 radical (unpaired) electrons. The van der Waals surface area contributed by atoms with Crippen molar-refractivity contribution in [1.82, 2.24) is 4.98 Å². The van der Waals surface area contributed by atoms with Gasteiger partial charge in [-0.15, -0.1) is 0 Å². The Morgan fingerprint density at radius 1 is 1.25 bits per heavy atom. The van der Waals surface area contributed by atoms with E-state index < -0.39 is 0 Å². The topological polar surface area (TPSA) is 50.9 Å². The average Bonchev–Trinajstić information content (AvgIpc) is 2.27. The number of pyridine rings is 1. The Morgan fingerprint density at radius 3 is 2.75 bits per heavy atom. The highest BCUT2D eigenvalue weighted by atomic mass is 79.9. The van der Waals surface area contributed by atoms with Crippen molar-refractivity contribution in [3.8, 4) is 0 Å². The molecule has 0 aliphatic heterocycles. The van der Waals surface area contributed by atoms with E-state index in [2.05, 4.69) is 26.2 Å². The van der Waals surface area contributed by atoms with E-state index in [0.29, 0.717) is 11.5 Å². The van der Waals surface area contributed by atoms with Gasteiger partial charge in [0.2, 0.25) is 0 Å². The van der Waals surface area contributed by atoms with E-state index in [1.54, 1.807) is 24.4 Å². The van der Waals surface area contributed by atoms with Crippen LogP contribution in [0.1, 0.15) is 0 Å². The number of benzene rings is 1. The third kappa shape index (κ3) is 2.49. The Kier molecular flexibility index (Phi) is 3.05. The van der Waals surface area contributed by atoms with Crippen LogP contribution in [-0.4, -0.2) is 4.98 Å². The molecule has 0 atom stereocenters. The summed E-state index contributed by atoms with van der Waals surface area (Å²) in [6.07, 6.45) is 1.59. The summed E-state index contributed by atoms with van der Waals surface area (Å²) in [7, 11) is 0. The van der Waals surface area contributed by atoms with Crippen LogP contribution >= 0.6 is 15.9 Å².